The number of carbonyl (C=O) groups is 2. The molecule has 4 aromatic rings. The van der Waals surface area contributed by atoms with Crippen LogP contribution in [0.25, 0.3) is 22.4 Å². The van der Waals surface area contributed by atoms with E-state index in [1.165, 1.54) is 24.3 Å². The van der Waals surface area contributed by atoms with Gasteiger partial charge in [-0.3, -0.25) is 4.79 Å². The Bertz CT molecular complexity index is 1210. The smallest absolute Gasteiger partial charge is 0.338 e. The minimum absolute atomic E-state index is 0.302. The molecule has 3 aromatic carbocycles. The number of fused-ring (bicyclic) bond motifs is 1. The number of hydrogen-bond donors (Lipinski definition) is 2. The molecule has 0 aliphatic carbocycles. The largest absolute Gasteiger partial charge is 0.452 e. The summed E-state index contributed by atoms with van der Waals surface area (Å²) < 4.78 is 18.0. The molecule has 0 fully saturated rings. The molecule has 6 nitrogen and oxygen atoms in total. The van der Waals surface area contributed by atoms with Crippen molar-refractivity contribution in [2.24, 2.45) is 0 Å². The van der Waals surface area contributed by atoms with Crippen LogP contribution in [0.15, 0.2) is 66.7 Å². The van der Waals surface area contributed by atoms with E-state index in [4.69, 9.17) is 4.74 Å². The maximum Gasteiger partial charge on any atom is 0.338 e. The first-order valence-electron chi connectivity index (χ1n) is 9.27. The van der Waals surface area contributed by atoms with Gasteiger partial charge in [0.05, 0.1) is 16.6 Å². The van der Waals surface area contributed by atoms with Crippen molar-refractivity contribution in [3.63, 3.8) is 0 Å². The molecule has 0 unspecified atom stereocenters. The van der Waals surface area contributed by atoms with Crippen LogP contribution in [0.1, 0.15) is 15.9 Å². The predicted octanol–water partition coefficient (Wildman–Crippen LogP) is 4.47. The fourth-order valence-corrected chi connectivity index (χ4v) is 2.93. The van der Waals surface area contributed by atoms with Crippen LogP contribution >= 0.6 is 0 Å². The number of ether oxygens (including phenoxy) is 1. The third-order valence-corrected chi connectivity index (χ3v) is 4.50. The van der Waals surface area contributed by atoms with E-state index in [2.05, 4.69) is 15.3 Å². The Morgan fingerprint density at radius 1 is 1.03 bits per heavy atom. The van der Waals surface area contributed by atoms with Gasteiger partial charge in [-0.1, -0.05) is 29.8 Å². The molecule has 30 heavy (non-hydrogen) atoms. The van der Waals surface area contributed by atoms with E-state index in [1.807, 2.05) is 31.2 Å². The van der Waals surface area contributed by atoms with E-state index >= 15 is 0 Å². The summed E-state index contributed by atoms with van der Waals surface area (Å²) in [6.07, 6.45) is 0. The van der Waals surface area contributed by atoms with Crippen molar-refractivity contribution in [1.82, 2.24) is 9.97 Å². The zero-order chi connectivity index (χ0) is 21.1. The highest BCUT2D eigenvalue weighted by Crippen LogP contribution is 2.22. The number of rotatable bonds is 5. The average molecular weight is 403 g/mol. The summed E-state index contributed by atoms with van der Waals surface area (Å²) in [5.41, 5.74) is 4.23. The lowest BCUT2D eigenvalue weighted by atomic mass is 10.1. The van der Waals surface area contributed by atoms with E-state index in [0.29, 0.717) is 22.6 Å². The standard InChI is InChI=1S/C23H18FN3O3/c1-14-2-4-15(5-3-14)22-26-19-11-6-16(12-20(19)27-22)23(29)30-13-21(28)25-18-9-7-17(24)8-10-18/h2-12H,13H2,1H3,(H,25,28)(H,26,27). The van der Waals surface area contributed by atoms with Gasteiger partial charge in [0.2, 0.25) is 0 Å². The van der Waals surface area contributed by atoms with Crippen molar-refractivity contribution >= 4 is 28.6 Å². The normalized spacial score (nSPS) is 10.7. The topological polar surface area (TPSA) is 84.1 Å². The monoisotopic (exact) mass is 403 g/mol. The highest BCUT2D eigenvalue weighted by Gasteiger charge is 2.13. The van der Waals surface area contributed by atoms with Gasteiger partial charge < -0.3 is 15.0 Å². The Kier molecular flexibility index (Phi) is 5.26. The van der Waals surface area contributed by atoms with Gasteiger partial charge in [-0.2, -0.15) is 0 Å². The zero-order valence-corrected chi connectivity index (χ0v) is 16.1. The van der Waals surface area contributed by atoms with Crippen LogP contribution in [0.2, 0.25) is 0 Å². The first-order valence-corrected chi connectivity index (χ1v) is 9.27. The Morgan fingerprint density at radius 2 is 1.77 bits per heavy atom. The maximum absolute atomic E-state index is 12.9. The van der Waals surface area contributed by atoms with Gasteiger partial charge in [-0.15, -0.1) is 0 Å². The van der Waals surface area contributed by atoms with E-state index in [-0.39, 0.29) is 0 Å². The van der Waals surface area contributed by atoms with Gasteiger partial charge >= 0.3 is 5.97 Å². The number of H-pyrrole nitrogens is 1. The number of nitrogens with one attached hydrogen (secondary N) is 2. The molecule has 0 atom stereocenters. The maximum atomic E-state index is 12.9. The number of halogens is 1. The molecule has 1 aromatic heterocycles. The van der Waals surface area contributed by atoms with Crippen LogP contribution in [-0.2, 0) is 9.53 Å². The molecule has 1 amide bonds. The minimum Gasteiger partial charge on any atom is -0.452 e. The number of aromatic amines is 1. The fourth-order valence-electron chi connectivity index (χ4n) is 2.93. The number of aromatic nitrogens is 2. The minimum atomic E-state index is -0.627. The SMILES string of the molecule is Cc1ccc(-c2nc3ccc(C(=O)OCC(=O)Nc4ccc(F)cc4)cc3[nH]2)cc1. The molecular weight excluding hydrogens is 385 g/mol. The van der Waals surface area contributed by atoms with Gasteiger partial charge in [0.25, 0.3) is 5.91 Å². The summed E-state index contributed by atoms with van der Waals surface area (Å²) in [5, 5.41) is 2.53. The summed E-state index contributed by atoms with van der Waals surface area (Å²) in [6.45, 7) is 1.56. The van der Waals surface area contributed by atoms with E-state index < -0.39 is 24.3 Å². The molecule has 0 spiro atoms. The molecule has 0 radical (unpaired) electrons. The number of aryl methyl sites for hydroxylation is 1. The lowest BCUT2D eigenvalue weighted by Gasteiger charge is -2.06. The molecule has 150 valence electrons. The molecule has 0 saturated heterocycles. The Morgan fingerprint density at radius 3 is 2.50 bits per heavy atom. The van der Waals surface area contributed by atoms with Crippen LogP contribution in [0.5, 0.6) is 0 Å². The number of esters is 1. The third kappa shape index (κ3) is 4.35. The van der Waals surface area contributed by atoms with Crippen LogP contribution in [0.4, 0.5) is 10.1 Å². The summed E-state index contributed by atoms with van der Waals surface area (Å²) in [4.78, 5) is 32.0. The fraction of sp³-hybridized carbons (Fsp3) is 0.0870. The Hall–Kier alpha value is -4.00. The predicted molar refractivity (Wildman–Crippen MR) is 112 cm³/mol. The average Bonchev–Trinajstić information content (AvgIpc) is 3.17. The molecule has 0 aliphatic rings. The molecule has 0 bridgehead atoms. The second kappa shape index (κ2) is 8.16. The number of nitrogens with zero attached hydrogens (tertiary/aromatic N) is 1. The number of amides is 1. The van der Waals surface area contributed by atoms with Crippen molar-refractivity contribution in [1.29, 1.82) is 0 Å². The van der Waals surface area contributed by atoms with Crippen molar-refractivity contribution in [2.45, 2.75) is 6.92 Å². The van der Waals surface area contributed by atoms with Gasteiger partial charge in [0.15, 0.2) is 6.61 Å². The van der Waals surface area contributed by atoms with Crippen LogP contribution < -0.4 is 5.32 Å². The van der Waals surface area contributed by atoms with Crippen molar-refractivity contribution in [3.8, 4) is 11.4 Å². The summed E-state index contributed by atoms with van der Waals surface area (Å²) >= 11 is 0. The molecular formula is C23H18FN3O3. The zero-order valence-electron chi connectivity index (χ0n) is 16.1. The summed E-state index contributed by atoms with van der Waals surface area (Å²) in [6, 6.07) is 18.2. The summed E-state index contributed by atoms with van der Waals surface area (Å²) in [7, 11) is 0. The van der Waals surface area contributed by atoms with Crippen molar-refractivity contribution < 1.29 is 18.7 Å². The number of benzene rings is 3. The van der Waals surface area contributed by atoms with Crippen LogP contribution in [0, 0.1) is 12.7 Å². The molecule has 2 N–H and O–H groups in total. The Balaban J connectivity index is 1.42. The quantitative estimate of drug-likeness (QED) is 0.482. The molecule has 1 heterocycles. The van der Waals surface area contributed by atoms with E-state index in [9.17, 15) is 14.0 Å². The van der Waals surface area contributed by atoms with E-state index in [0.717, 1.165) is 16.6 Å². The first-order chi connectivity index (χ1) is 14.5. The van der Waals surface area contributed by atoms with Crippen LogP contribution in [0.3, 0.4) is 0 Å². The van der Waals surface area contributed by atoms with Crippen molar-refractivity contribution in [2.75, 3.05) is 11.9 Å². The molecule has 0 saturated carbocycles. The number of imidazole rings is 1. The summed E-state index contributed by atoms with van der Waals surface area (Å²) in [5.74, 6) is -0.842. The second-order valence-electron chi connectivity index (χ2n) is 6.81. The molecule has 4 rings (SSSR count). The third-order valence-electron chi connectivity index (χ3n) is 4.50. The van der Waals surface area contributed by atoms with Crippen LogP contribution in [-0.4, -0.2) is 28.5 Å². The Labute approximate surface area is 171 Å². The molecule has 0 aliphatic heterocycles. The van der Waals surface area contributed by atoms with E-state index in [1.54, 1.807) is 18.2 Å². The highest BCUT2D eigenvalue weighted by atomic mass is 19.1. The van der Waals surface area contributed by atoms with Gasteiger partial charge in [-0.05, 0) is 49.4 Å². The highest BCUT2D eigenvalue weighted by molar-refractivity contribution is 5.97. The lowest BCUT2D eigenvalue weighted by Crippen LogP contribution is -2.20. The van der Waals surface area contributed by atoms with Gasteiger partial charge in [0, 0.05) is 11.3 Å². The molecule has 7 heteroatoms. The second-order valence-corrected chi connectivity index (χ2v) is 6.81. The van der Waals surface area contributed by atoms with Gasteiger partial charge in [0.1, 0.15) is 11.6 Å². The number of anilines is 1. The number of hydrogen-bond acceptors (Lipinski definition) is 4. The van der Waals surface area contributed by atoms with Crippen molar-refractivity contribution in [3.05, 3.63) is 83.7 Å². The number of carbonyl (C=O) groups excluding carboxylic acids is 2. The lowest BCUT2D eigenvalue weighted by molar-refractivity contribution is -0.119. The first kappa shape index (κ1) is 19.3. The van der Waals surface area contributed by atoms with Gasteiger partial charge in [-0.25, -0.2) is 14.2 Å².